The molecular weight excluding hydrogens is 258 g/mol. The monoisotopic (exact) mass is 281 g/mol. The molecule has 1 aromatic rings. The predicted molar refractivity (Wildman–Crippen MR) is 81.2 cm³/mol. The number of rotatable bonds is 2. The molecule has 0 aliphatic carbocycles. The van der Waals surface area contributed by atoms with E-state index in [1.165, 1.54) is 11.3 Å². The Morgan fingerprint density at radius 3 is 2.37 bits per heavy atom. The average molecular weight is 281 g/mol. The highest BCUT2D eigenvalue weighted by atomic mass is 32.1. The van der Waals surface area contributed by atoms with E-state index in [9.17, 15) is 0 Å². The zero-order valence-corrected chi connectivity index (χ0v) is 13.0. The van der Waals surface area contributed by atoms with Crippen LogP contribution in [0.2, 0.25) is 0 Å². The van der Waals surface area contributed by atoms with Crippen LogP contribution in [0.1, 0.15) is 17.0 Å². The lowest BCUT2D eigenvalue weighted by molar-refractivity contribution is 0.174. The first kappa shape index (κ1) is 14.3. The summed E-state index contributed by atoms with van der Waals surface area (Å²) in [5.41, 5.74) is 3.78. The van der Waals surface area contributed by atoms with E-state index in [-0.39, 0.29) is 0 Å². The quantitative estimate of drug-likeness (QED) is 0.806. The molecule has 106 valence electrons. The van der Waals surface area contributed by atoms with Crippen molar-refractivity contribution < 1.29 is 0 Å². The highest BCUT2D eigenvalue weighted by Gasteiger charge is 2.20. The molecule has 1 saturated heterocycles. The standard InChI is InChI=1S/C13H23N5S/c1-10-12(11(2)16(4)15-10)9-17-5-7-18(8-6-17)13(19)14-3/h5-9H2,1-4H3,(H,14,19). The van der Waals surface area contributed by atoms with Crippen molar-refractivity contribution in [2.24, 2.45) is 7.05 Å². The van der Waals surface area contributed by atoms with Gasteiger partial charge in [-0.3, -0.25) is 9.58 Å². The minimum Gasteiger partial charge on any atom is -0.366 e. The first-order valence-corrected chi connectivity index (χ1v) is 7.12. The molecule has 0 aromatic carbocycles. The Labute approximate surface area is 120 Å². The lowest BCUT2D eigenvalue weighted by Crippen LogP contribution is -2.50. The number of hydrogen-bond donors (Lipinski definition) is 1. The smallest absolute Gasteiger partial charge is 0.168 e. The van der Waals surface area contributed by atoms with Crippen LogP contribution >= 0.6 is 12.2 Å². The van der Waals surface area contributed by atoms with Crippen molar-refractivity contribution in [2.75, 3.05) is 33.2 Å². The van der Waals surface area contributed by atoms with E-state index in [1.54, 1.807) is 0 Å². The second kappa shape index (κ2) is 5.88. The SMILES string of the molecule is CNC(=S)N1CCN(Cc2c(C)nn(C)c2C)CC1. The third-order valence-corrected chi connectivity index (χ3v) is 4.38. The highest BCUT2D eigenvalue weighted by molar-refractivity contribution is 7.80. The Kier molecular flexibility index (Phi) is 4.42. The summed E-state index contributed by atoms with van der Waals surface area (Å²) in [5.74, 6) is 0. The number of nitrogens with one attached hydrogen (secondary N) is 1. The van der Waals surface area contributed by atoms with Gasteiger partial charge in [-0.1, -0.05) is 0 Å². The maximum Gasteiger partial charge on any atom is 0.168 e. The van der Waals surface area contributed by atoms with Crippen molar-refractivity contribution in [3.8, 4) is 0 Å². The molecule has 0 spiro atoms. The van der Waals surface area contributed by atoms with Crippen LogP contribution in [-0.2, 0) is 13.6 Å². The molecule has 2 rings (SSSR count). The van der Waals surface area contributed by atoms with Crippen molar-refractivity contribution in [1.29, 1.82) is 0 Å². The van der Waals surface area contributed by atoms with Crippen LogP contribution in [0.25, 0.3) is 0 Å². The van der Waals surface area contributed by atoms with Gasteiger partial charge in [-0.05, 0) is 26.1 Å². The minimum absolute atomic E-state index is 0.855. The van der Waals surface area contributed by atoms with Crippen molar-refractivity contribution in [3.63, 3.8) is 0 Å². The predicted octanol–water partition coefficient (Wildman–Crippen LogP) is 0.659. The van der Waals surface area contributed by atoms with Crippen LogP contribution in [0, 0.1) is 13.8 Å². The molecule has 1 aromatic heterocycles. The van der Waals surface area contributed by atoms with Crippen LogP contribution in [0.3, 0.4) is 0 Å². The lowest BCUT2D eigenvalue weighted by Gasteiger charge is -2.35. The Bertz CT molecular complexity index is 460. The number of aromatic nitrogens is 2. The molecule has 5 nitrogen and oxygen atoms in total. The lowest BCUT2D eigenvalue weighted by atomic mass is 10.1. The summed E-state index contributed by atoms with van der Waals surface area (Å²) in [6.07, 6.45) is 0. The van der Waals surface area contributed by atoms with Gasteiger partial charge in [0.25, 0.3) is 0 Å². The molecule has 0 unspecified atom stereocenters. The van der Waals surface area contributed by atoms with E-state index in [0.29, 0.717) is 0 Å². The second-order valence-electron chi connectivity index (χ2n) is 5.09. The van der Waals surface area contributed by atoms with Gasteiger partial charge in [0, 0.05) is 58.1 Å². The Balaban J connectivity index is 1.94. The minimum atomic E-state index is 0.855. The van der Waals surface area contributed by atoms with Gasteiger partial charge in [0.05, 0.1) is 5.69 Å². The fourth-order valence-corrected chi connectivity index (χ4v) is 2.72. The summed E-state index contributed by atoms with van der Waals surface area (Å²) in [6, 6.07) is 0. The zero-order chi connectivity index (χ0) is 14.0. The molecule has 1 N–H and O–H groups in total. The van der Waals surface area contributed by atoms with Gasteiger partial charge in [-0.25, -0.2) is 0 Å². The van der Waals surface area contributed by atoms with E-state index < -0.39 is 0 Å². The van der Waals surface area contributed by atoms with Gasteiger partial charge in [0.2, 0.25) is 0 Å². The van der Waals surface area contributed by atoms with E-state index in [2.05, 4.69) is 34.1 Å². The number of thiocarbonyl (C=S) groups is 1. The van der Waals surface area contributed by atoms with E-state index in [4.69, 9.17) is 12.2 Å². The fourth-order valence-electron chi connectivity index (χ4n) is 2.54. The van der Waals surface area contributed by atoms with Gasteiger partial charge in [-0.15, -0.1) is 0 Å². The summed E-state index contributed by atoms with van der Waals surface area (Å²) >= 11 is 5.27. The van der Waals surface area contributed by atoms with Gasteiger partial charge < -0.3 is 10.2 Å². The van der Waals surface area contributed by atoms with E-state index in [1.807, 2.05) is 18.8 Å². The van der Waals surface area contributed by atoms with Gasteiger partial charge in [0.15, 0.2) is 5.11 Å². The highest BCUT2D eigenvalue weighted by Crippen LogP contribution is 2.15. The molecule has 0 atom stereocenters. The Morgan fingerprint density at radius 2 is 1.89 bits per heavy atom. The van der Waals surface area contributed by atoms with Crippen LogP contribution in [-0.4, -0.2) is 57.9 Å². The molecular formula is C13H23N5S. The molecule has 0 bridgehead atoms. The summed E-state index contributed by atoms with van der Waals surface area (Å²) in [6.45, 7) is 9.32. The molecule has 0 saturated carbocycles. The third kappa shape index (κ3) is 3.06. The summed E-state index contributed by atoms with van der Waals surface area (Å²) in [4.78, 5) is 4.71. The molecule has 1 aliphatic heterocycles. The number of nitrogens with zero attached hydrogens (tertiary/aromatic N) is 4. The average Bonchev–Trinajstić information content (AvgIpc) is 2.65. The van der Waals surface area contributed by atoms with Crippen LogP contribution in [0.4, 0.5) is 0 Å². The van der Waals surface area contributed by atoms with Gasteiger partial charge in [0.1, 0.15) is 0 Å². The van der Waals surface area contributed by atoms with Crippen LogP contribution in [0.15, 0.2) is 0 Å². The van der Waals surface area contributed by atoms with Gasteiger partial charge >= 0.3 is 0 Å². The topological polar surface area (TPSA) is 36.3 Å². The molecule has 1 aliphatic rings. The normalized spacial score (nSPS) is 16.7. The maximum absolute atomic E-state index is 5.27. The zero-order valence-electron chi connectivity index (χ0n) is 12.2. The maximum atomic E-state index is 5.27. The molecule has 2 heterocycles. The van der Waals surface area contributed by atoms with Crippen molar-refractivity contribution >= 4 is 17.3 Å². The number of aryl methyl sites for hydroxylation is 2. The molecule has 6 heteroatoms. The second-order valence-corrected chi connectivity index (χ2v) is 5.48. The van der Waals surface area contributed by atoms with Crippen molar-refractivity contribution in [3.05, 3.63) is 17.0 Å². The van der Waals surface area contributed by atoms with E-state index in [0.717, 1.165) is 43.5 Å². The van der Waals surface area contributed by atoms with Crippen molar-refractivity contribution in [1.82, 2.24) is 24.9 Å². The molecule has 0 radical (unpaired) electrons. The first-order valence-electron chi connectivity index (χ1n) is 6.71. The largest absolute Gasteiger partial charge is 0.366 e. The Morgan fingerprint density at radius 1 is 1.26 bits per heavy atom. The summed E-state index contributed by atoms with van der Waals surface area (Å²) in [5, 5.41) is 8.38. The van der Waals surface area contributed by atoms with Crippen molar-refractivity contribution in [2.45, 2.75) is 20.4 Å². The number of hydrogen-bond acceptors (Lipinski definition) is 3. The fraction of sp³-hybridized carbons (Fsp3) is 0.692. The molecule has 1 fully saturated rings. The Hall–Kier alpha value is -1.14. The number of piperazine rings is 1. The summed E-state index contributed by atoms with van der Waals surface area (Å²) in [7, 11) is 3.90. The first-order chi connectivity index (χ1) is 9.02. The van der Waals surface area contributed by atoms with Crippen LogP contribution < -0.4 is 5.32 Å². The van der Waals surface area contributed by atoms with Gasteiger partial charge in [-0.2, -0.15) is 5.10 Å². The third-order valence-electron chi connectivity index (χ3n) is 3.91. The summed E-state index contributed by atoms with van der Waals surface area (Å²) < 4.78 is 1.97. The molecule has 19 heavy (non-hydrogen) atoms. The molecule has 0 amide bonds. The van der Waals surface area contributed by atoms with Crippen LogP contribution in [0.5, 0.6) is 0 Å². The van der Waals surface area contributed by atoms with E-state index >= 15 is 0 Å².